The van der Waals surface area contributed by atoms with Crippen LogP contribution in [0.1, 0.15) is 19.4 Å². The zero-order chi connectivity index (χ0) is 10.1. The maximum absolute atomic E-state index is 4.27. The summed E-state index contributed by atoms with van der Waals surface area (Å²) in [6, 6.07) is 8.32. The Morgan fingerprint density at radius 2 is 1.54 bits per heavy atom. The van der Waals surface area contributed by atoms with Crippen LogP contribution in [0.5, 0.6) is 0 Å². The van der Waals surface area contributed by atoms with Crippen molar-refractivity contribution in [2.24, 2.45) is 0 Å². The molecule has 1 aromatic carbocycles. The van der Waals surface area contributed by atoms with E-state index in [0.29, 0.717) is 0 Å². The van der Waals surface area contributed by atoms with Crippen molar-refractivity contribution in [3.8, 4) is 0 Å². The van der Waals surface area contributed by atoms with E-state index in [2.05, 4.69) is 57.6 Å². The van der Waals surface area contributed by atoms with Crippen LogP contribution in [-0.4, -0.2) is 19.0 Å². The summed E-state index contributed by atoms with van der Waals surface area (Å²) < 4.78 is 0. The first-order valence-electron chi connectivity index (χ1n) is 4.41. The van der Waals surface area contributed by atoms with Gasteiger partial charge in [-0.15, -0.1) is 12.6 Å². The molecule has 0 fully saturated rings. The third-order valence-corrected chi connectivity index (χ3v) is 2.99. The predicted octanol–water partition coefficient (Wildman–Crippen LogP) is 2.77. The van der Waals surface area contributed by atoms with E-state index in [1.165, 1.54) is 5.56 Å². The van der Waals surface area contributed by atoms with Crippen molar-refractivity contribution in [1.82, 2.24) is 4.90 Å². The van der Waals surface area contributed by atoms with Gasteiger partial charge in [0.2, 0.25) is 0 Å². The smallest absolute Gasteiger partial charge is 0.0398 e. The molecule has 2 heteroatoms. The molecule has 0 aliphatic heterocycles. The molecule has 1 aromatic rings. The molecule has 13 heavy (non-hydrogen) atoms. The Morgan fingerprint density at radius 3 is 1.92 bits per heavy atom. The lowest BCUT2D eigenvalue weighted by Gasteiger charge is -2.33. The Morgan fingerprint density at radius 1 is 1.08 bits per heavy atom. The standard InChI is InChI=1S/C11H17NS/c1-11(2,12(3)4)9-5-7-10(13)8-6-9/h5-8,13H,1-4H3. The number of hydrogen-bond donors (Lipinski definition) is 1. The summed E-state index contributed by atoms with van der Waals surface area (Å²) >= 11 is 4.27. The summed E-state index contributed by atoms with van der Waals surface area (Å²) in [6.45, 7) is 4.42. The molecular weight excluding hydrogens is 178 g/mol. The predicted molar refractivity (Wildman–Crippen MR) is 60.4 cm³/mol. The first kappa shape index (κ1) is 10.6. The average molecular weight is 195 g/mol. The fourth-order valence-electron chi connectivity index (χ4n) is 1.13. The maximum atomic E-state index is 4.27. The van der Waals surface area contributed by atoms with Gasteiger partial charge in [-0.05, 0) is 45.6 Å². The number of nitrogens with zero attached hydrogens (tertiary/aromatic N) is 1. The van der Waals surface area contributed by atoms with Crippen LogP contribution in [0.4, 0.5) is 0 Å². The largest absolute Gasteiger partial charge is 0.300 e. The molecule has 0 aromatic heterocycles. The van der Waals surface area contributed by atoms with Crippen molar-refractivity contribution in [2.45, 2.75) is 24.3 Å². The highest BCUT2D eigenvalue weighted by atomic mass is 32.1. The van der Waals surface area contributed by atoms with E-state index >= 15 is 0 Å². The number of rotatable bonds is 2. The molecule has 0 saturated carbocycles. The highest BCUT2D eigenvalue weighted by molar-refractivity contribution is 7.80. The highest BCUT2D eigenvalue weighted by Gasteiger charge is 2.22. The summed E-state index contributed by atoms with van der Waals surface area (Å²) in [5, 5.41) is 0. The zero-order valence-corrected chi connectivity index (χ0v) is 9.60. The van der Waals surface area contributed by atoms with Gasteiger partial charge in [0.1, 0.15) is 0 Å². The van der Waals surface area contributed by atoms with E-state index in [0.717, 1.165) is 4.90 Å². The van der Waals surface area contributed by atoms with Crippen LogP contribution in [0.15, 0.2) is 29.2 Å². The molecule has 0 radical (unpaired) electrons. The van der Waals surface area contributed by atoms with Crippen molar-refractivity contribution < 1.29 is 0 Å². The molecule has 0 spiro atoms. The quantitative estimate of drug-likeness (QED) is 0.710. The topological polar surface area (TPSA) is 3.24 Å². The van der Waals surface area contributed by atoms with Gasteiger partial charge in [-0.1, -0.05) is 12.1 Å². The van der Waals surface area contributed by atoms with E-state index in [9.17, 15) is 0 Å². The van der Waals surface area contributed by atoms with Crippen molar-refractivity contribution in [3.63, 3.8) is 0 Å². The molecule has 0 amide bonds. The molecular formula is C11H17NS. The van der Waals surface area contributed by atoms with Crippen molar-refractivity contribution in [3.05, 3.63) is 29.8 Å². The first-order chi connectivity index (χ1) is 5.94. The fourth-order valence-corrected chi connectivity index (χ4v) is 1.28. The van der Waals surface area contributed by atoms with Crippen LogP contribution in [0, 0.1) is 0 Å². The molecule has 72 valence electrons. The lowest BCUT2D eigenvalue weighted by Crippen LogP contribution is -2.35. The van der Waals surface area contributed by atoms with Crippen molar-refractivity contribution >= 4 is 12.6 Å². The van der Waals surface area contributed by atoms with Crippen LogP contribution >= 0.6 is 12.6 Å². The average Bonchev–Trinajstić information content (AvgIpc) is 2.04. The van der Waals surface area contributed by atoms with E-state index in [-0.39, 0.29) is 5.54 Å². The minimum atomic E-state index is 0.0848. The van der Waals surface area contributed by atoms with Crippen molar-refractivity contribution in [1.29, 1.82) is 0 Å². The Balaban J connectivity index is 3.01. The molecule has 0 N–H and O–H groups in total. The second kappa shape index (κ2) is 3.72. The molecule has 1 rings (SSSR count). The lowest BCUT2D eigenvalue weighted by molar-refractivity contribution is 0.197. The molecule has 0 saturated heterocycles. The molecule has 0 atom stereocenters. The number of thiol groups is 1. The van der Waals surface area contributed by atoms with Gasteiger partial charge in [-0.2, -0.15) is 0 Å². The van der Waals surface area contributed by atoms with Crippen LogP contribution < -0.4 is 0 Å². The minimum absolute atomic E-state index is 0.0848. The van der Waals surface area contributed by atoms with Gasteiger partial charge in [-0.3, -0.25) is 0 Å². The Labute approximate surface area is 86.2 Å². The van der Waals surface area contributed by atoms with Gasteiger partial charge in [0, 0.05) is 10.4 Å². The Hall–Kier alpha value is -0.470. The van der Waals surface area contributed by atoms with Crippen molar-refractivity contribution in [2.75, 3.05) is 14.1 Å². The molecule has 0 heterocycles. The SMILES string of the molecule is CN(C)C(C)(C)c1ccc(S)cc1. The molecule has 0 unspecified atom stereocenters. The van der Waals surface area contributed by atoms with E-state index in [1.807, 2.05) is 12.1 Å². The van der Waals surface area contributed by atoms with Gasteiger partial charge >= 0.3 is 0 Å². The van der Waals surface area contributed by atoms with E-state index in [1.54, 1.807) is 0 Å². The summed E-state index contributed by atoms with van der Waals surface area (Å²) in [4.78, 5) is 3.22. The Kier molecular flexibility index (Phi) is 3.04. The fraction of sp³-hybridized carbons (Fsp3) is 0.455. The first-order valence-corrected chi connectivity index (χ1v) is 4.86. The maximum Gasteiger partial charge on any atom is 0.0398 e. The van der Waals surface area contributed by atoms with Gasteiger partial charge in [0.15, 0.2) is 0 Å². The number of hydrogen-bond acceptors (Lipinski definition) is 2. The van der Waals surface area contributed by atoms with Gasteiger partial charge in [0.25, 0.3) is 0 Å². The summed E-state index contributed by atoms with van der Waals surface area (Å²) in [6.07, 6.45) is 0. The van der Waals surface area contributed by atoms with Crippen LogP contribution in [-0.2, 0) is 5.54 Å². The number of benzene rings is 1. The summed E-state index contributed by atoms with van der Waals surface area (Å²) in [5.74, 6) is 0. The summed E-state index contributed by atoms with van der Waals surface area (Å²) in [5.41, 5.74) is 1.40. The van der Waals surface area contributed by atoms with Gasteiger partial charge in [0.05, 0.1) is 0 Å². The normalized spacial score (nSPS) is 12.2. The molecule has 0 bridgehead atoms. The Bertz CT molecular complexity index is 275. The van der Waals surface area contributed by atoms with Crippen LogP contribution in [0.2, 0.25) is 0 Å². The second-order valence-corrected chi connectivity index (χ2v) is 4.52. The van der Waals surface area contributed by atoms with Gasteiger partial charge in [-0.25, -0.2) is 0 Å². The zero-order valence-electron chi connectivity index (χ0n) is 8.70. The second-order valence-electron chi connectivity index (χ2n) is 4.00. The third kappa shape index (κ3) is 2.26. The highest BCUT2D eigenvalue weighted by Crippen LogP contribution is 2.25. The third-order valence-electron chi connectivity index (χ3n) is 2.69. The van der Waals surface area contributed by atoms with Gasteiger partial charge < -0.3 is 4.90 Å². The van der Waals surface area contributed by atoms with E-state index < -0.39 is 0 Å². The molecule has 1 nitrogen and oxygen atoms in total. The van der Waals surface area contributed by atoms with Crippen LogP contribution in [0.3, 0.4) is 0 Å². The summed E-state index contributed by atoms with van der Waals surface area (Å²) in [7, 11) is 4.18. The van der Waals surface area contributed by atoms with Crippen LogP contribution in [0.25, 0.3) is 0 Å². The molecule has 0 aliphatic rings. The molecule has 0 aliphatic carbocycles. The van der Waals surface area contributed by atoms with E-state index in [4.69, 9.17) is 0 Å². The lowest BCUT2D eigenvalue weighted by atomic mass is 9.93. The monoisotopic (exact) mass is 195 g/mol. The minimum Gasteiger partial charge on any atom is -0.300 e.